The van der Waals surface area contributed by atoms with Gasteiger partial charge in [-0.3, -0.25) is 4.79 Å². The number of amides is 1. The second kappa shape index (κ2) is 8.23. The van der Waals surface area contributed by atoms with Crippen LogP contribution in [0.1, 0.15) is 43.6 Å². The van der Waals surface area contributed by atoms with Crippen molar-refractivity contribution in [1.29, 1.82) is 0 Å². The highest BCUT2D eigenvalue weighted by atomic mass is 19.1. The maximum Gasteiger partial charge on any atom is 0.254 e. The van der Waals surface area contributed by atoms with Crippen LogP contribution in [0.25, 0.3) is 0 Å². The third-order valence-electron chi connectivity index (χ3n) is 3.56. The lowest BCUT2D eigenvalue weighted by Gasteiger charge is -2.27. The van der Waals surface area contributed by atoms with E-state index >= 15 is 0 Å². The Balaban J connectivity index is 2.12. The maximum atomic E-state index is 13.4. The van der Waals surface area contributed by atoms with Gasteiger partial charge in [0.05, 0.1) is 12.2 Å². The van der Waals surface area contributed by atoms with Crippen LogP contribution in [-0.2, 0) is 22.7 Å². The van der Waals surface area contributed by atoms with Crippen molar-refractivity contribution in [2.24, 2.45) is 0 Å². The first kappa shape index (κ1) is 19.1. The molecule has 0 aromatic heterocycles. The van der Waals surface area contributed by atoms with E-state index < -0.39 is 17.5 Å². The van der Waals surface area contributed by atoms with Crippen LogP contribution < -0.4 is 5.32 Å². The fourth-order valence-electron chi connectivity index (χ4n) is 2.40. The first-order valence-electron chi connectivity index (χ1n) is 8.19. The standard InChI is InChI=1S/C20H24FNO3/c1-20(2,3)25-18(15-7-5-4-6-8-15)19(24)22-12-14-9-10-17(21)16(11-14)13-23/h4-11,18,23H,12-13H2,1-3H3,(H,22,24). The fourth-order valence-corrected chi connectivity index (χ4v) is 2.40. The van der Waals surface area contributed by atoms with Gasteiger partial charge >= 0.3 is 0 Å². The van der Waals surface area contributed by atoms with Crippen molar-refractivity contribution < 1.29 is 19.0 Å². The molecule has 2 rings (SSSR count). The van der Waals surface area contributed by atoms with Gasteiger partial charge in [-0.25, -0.2) is 4.39 Å². The summed E-state index contributed by atoms with van der Waals surface area (Å²) in [6.07, 6.45) is -0.737. The smallest absolute Gasteiger partial charge is 0.254 e. The number of rotatable bonds is 6. The van der Waals surface area contributed by atoms with E-state index in [4.69, 9.17) is 9.84 Å². The van der Waals surface area contributed by atoms with Crippen molar-refractivity contribution in [3.8, 4) is 0 Å². The highest BCUT2D eigenvalue weighted by molar-refractivity contribution is 5.82. The molecule has 1 unspecified atom stereocenters. The Morgan fingerprint density at radius 3 is 2.48 bits per heavy atom. The van der Waals surface area contributed by atoms with E-state index in [1.165, 1.54) is 12.1 Å². The summed E-state index contributed by atoms with van der Waals surface area (Å²) in [6, 6.07) is 13.7. The third-order valence-corrected chi connectivity index (χ3v) is 3.56. The van der Waals surface area contributed by atoms with E-state index in [9.17, 15) is 9.18 Å². The average molecular weight is 345 g/mol. The molecule has 2 aromatic rings. The summed E-state index contributed by atoms with van der Waals surface area (Å²) in [6.45, 7) is 5.52. The molecule has 0 aliphatic rings. The lowest BCUT2D eigenvalue weighted by Crippen LogP contribution is -2.35. The normalized spacial score (nSPS) is 12.7. The molecule has 25 heavy (non-hydrogen) atoms. The number of hydrogen-bond donors (Lipinski definition) is 2. The predicted molar refractivity (Wildman–Crippen MR) is 94.2 cm³/mol. The van der Waals surface area contributed by atoms with E-state index in [2.05, 4.69) is 5.32 Å². The van der Waals surface area contributed by atoms with Gasteiger partial charge in [0.15, 0.2) is 6.10 Å². The van der Waals surface area contributed by atoms with Gasteiger partial charge in [0.1, 0.15) is 5.82 Å². The number of benzene rings is 2. The van der Waals surface area contributed by atoms with Crippen molar-refractivity contribution >= 4 is 5.91 Å². The SMILES string of the molecule is CC(C)(C)OC(C(=O)NCc1ccc(F)c(CO)c1)c1ccccc1. The molecule has 0 bridgehead atoms. The molecule has 0 saturated carbocycles. The number of halogens is 1. The molecular weight excluding hydrogens is 321 g/mol. The largest absolute Gasteiger partial charge is 0.392 e. The van der Waals surface area contributed by atoms with Gasteiger partial charge in [-0.05, 0) is 44.0 Å². The van der Waals surface area contributed by atoms with Crippen LogP contribution in [-0.4, -0.2) is 16.6 Å². The van der Waals surface area contributed by atoms with Crippen LogP contribution in [0.4, 0.5) is 4.39 Å². The molecule has 2 aromatic carbocycles. The monoisotopic (exact) mass is 345 g/mol. The molecule has 0 radical (unpaired) electrons. The van der Waals surface area contributed by atoms with Crippen LogP contribution in [0.3, 0.4) is 0 Å². The summed E-state index contributed by atoms with van der Waals surface area (Å²) < 4.78 is 19.4. The topological polar surface area (TPSA) is 58.6 Å². The molecule has 0 aliphatic carbocycles. The van der Waals surface area contributed by atoms with Crippen LogP contribution in [0, 0.1) is 5.82 Å². The van der Waals surface area contributed by atoms with Gasteiger partial charge in [-0.1, -0.05) is 36.4 Å². The van der Waals surface area contributed by atoms with E-state index in [1.54, 1.807) is 6.07 Å². The average Bonchev–Trinajstić information content (AvgIpc) is 2.58. The van der Waals surface area contributed by atoms with Gasteiger partial charge in [0.2, 0.25) is 0 Å². The Hall–Kier alpha value is -2.24. The molecule has 4 nitrogen and oxygen atoms in total. The zero-order chi connectivity index (χ0) is 18.4. The Labute approximate surface area is 147 Å². The molecule has 1 amide bonds. The third kappa shape index (κ3) is 5.66. The summed E-state index contributed by atoms with van der Waals surface area (Å²) in [5.74, 6) is -0.730. The van der Waals surface area contributed by atoms with Crippen molar-refractivity contribution in [3.63, 3.8) is 0 Å². The van der Waals surface area contributed by atoms with Crippen molar-refractivity contribution in [2.45, 2.75) is 45.6 Å². The summed E-state index contributed by atoms with van der Waals surface area (Å²) in [7, 11) is 0. The molecule has 134 valence electrons. The zero-order valence-electron chi connectivity index (χ0n) is 14.8. The number of carbonyl (C=O) groups excluding carboxylic acids is 1. The maximum absolute atomic E-state index is 13.4. The quantitative estimate of drug-likeness (QED) is 0.842. The molecule has 0 aliphatic heterocycles. The number of nitrogens with one attached hydrogen (secondary N) is 1. The number of hydrogen-bond acceptors (Lipinski definition) is 3. The summed E-state index contributed by atoms with van der Waals surface area (Å²) in [5.41, 5.74) is 1.20. The lowest BCUT2D eigenvalue weighted by molar-refractivity contribution is -0.143. The van der Waals surface area contributed by atoms with Gasteiger partial charge in [0, 0.05) is 12.1 Å². The fraction of sp³-hybridized carbons (Fsp3) is 0.350. The van der Waals surface area contributed by atoms with E-state index in [1.807, 2.05) is 51.1 Å². The first-order chi connectivity index (χ1) is 11.8. The number of carbonyl (C=O) groups is 1. The van der Waals surface area contributed by atoms with Crippen LogP contribution >= 0.6 is 0 Å². The number of ether oxygens (including phenoxy) is 1. The molecule has 0 saturated heterocycles. The Morgan fingerprint density at radius 1 is 1.20 bits per heavy atom. The lowest BCUT2D eigenvalue weighted by atomic mass is 10.1. The Morgan fingerprint density at radius 2 is 1.88 bits per heavy atom. The summed E-state index contributed by atoms with van der Waals surface area (Å²) >= 11 is 0. The van der Waals surface area contributed by atoms with Crippen molar-refractivity contribution in [3.05, 3.63) is 71.0 Å². The van der Waals surface area contributed by atoms with Crippen molar-refractivity contribution in [1.82, 2.24) is 5.32 Å². The molecule has 2 N–H and O–H groups in total. The molecule has 1 atom stereocenters. The number of aliphatic hydroxyl groups is 1. The second-order valence-electron chi connectivity index (χ2n) is 6.82. The van der Waals surface area contributed by atoms with E-state index in [0.717, 1.165) is 5.56 Å². The van der Waals surface area contributed by atoms with Crippen LogP contribution in [0.2, 0.25) is 0 Å². The van der Waals surface area contributed by atoms with E-state index in [-0.39, 0.29) is 24.6 Å². The minimum absolute atomic E-state index is 0.206. The first-order valence-corrected chi connectivity index (χ1v) is 8.19. The predicted octanol–water partition coefficient (Wildman–Crippen LogP) is 3.49. The Kier molecular flexibility index (Phi) is 6.28. The van der Waals surface area contributed by atoms with E-state index in [0.29, 0.717) is 5.56 Å². The molecule has 5 heteroatoms. The summed E-state index contributed by atoms with van der Waals surface area (Å²) in [4.78, 5) is 12.7. The van der Waals surface area contributed by atoms with Gasteiger partial charge in [-0.2, -0.15) is 0 Å². The van der Waals surface area contributed by atoms with Gasteiger partial charge in [-0.15, -0.1) is 0 Å². The number of aliphatic hydroxyl groups excluding tert-OH is 1. The second-order valence-corrected chi connectivity index (χ2v) is 6.82. The molecular formula is C20H24FNO3. The minimum atomic E-state index is -0.737. The Bertz CT molecular complexity index is 711. The molecule has 0 spiro atoms. The zero-order valence-corrected chi connectivity index (χ0v) is 14.8. The van der Waals surface area contributed by atoms with Crippen LogP contribution in [0.5, 0.6) is 0 Å². The highest BCUT2D eigenvalue weighted by Crippen LogP contribution is 2.24. The van der Waals surface area contributed by atoms with Crippen molar-refractivity contribution in [2.75, 3.05) is 0 Å². The van der Waals surface area contributed by atoms with Crippen LogP contribution in [0.15, 0.2) is 48.5 Å². The van der Waals surface area contributed by atoms with Gasteiger partial charge in [0.25, 0.3) is 5.91 Å². The summed E-state index contributed by atoms with van der Waals surface area (Å²) in [5, 5.41) is 12.0. The molecule has 0 heterocycles. The molecule has 0 fully saturated rings. The van der Waals surface area contributed by atoms with Gasteiger partial charge < -0.3 is 15.2 Å². The minimum Gasteiger partial charge on any atom is -0.392 e. The highest BCUT2D eigenvalue weighted by Gasteiger charge is 2.26.